The molecule has 168 valence electrons. The maximum absolute atomic E-state index is 8.52. The van der Waals surface area contributed by atoms with E-state index in [9.17, 15) is 0 Å². The molecule has 32 heteroatoms. The molecular weight excluding hydrogens is 997 g/mol. The molecule has 0 N–H and O–H groups in total. The predicted octanol–water partition coefficient (Wildman–Crippen LogP) is -20.1. The molecular formula is O21Pr2Si7Zr2. The fourth-order valence-electron chi connectivity index (χ4n) is 0. The first kappa shape index (κ1) is 70.0. The second kappa shape index (κ2) is 63.8. The molecule has 0 fully saturated rings. The Bertz CT molecular complexity index is 323. The maximum atomic E-state index is 8.52. The SMILES string of the molecule is O=[Si]([O-])[O-].O=[Si]([O-])[O-].O=[Si]([O-])[O-].O=[Si]([O-])[O-].O=[Si]([O-])[O-].O=[Si]([O-])[O-].O=[Si]([O-])[O-].[Pr+3].[Pr+3].[Zr+4].[Zr+4]. The van der Waals surface area contributed by atoms with Crippen molar-refractivity contribution >= 4 is 64.2 Å². The van der Waals surface area contributed by atoms with E-state index in [0.29, 0.717) is 0 Å². The first-order chi connectivity index (χ1) is 12.1. The van der Waals surface area contributed by atoms with Gasteiger partial charge in [-0.3, -0.25) is 0 Å². The van der Waals surface area contributed by atoms with E-state index in [1.54, 1.807) is 0 Å². The Kier molecular flexibility index (Phi) is 139. The van der Waals surface area contributed by atoms with Crippen molar-refractivity contribution in [3.05, 3.63) is 0 Å². The van der Waals surface area contributed by atoms with Gasteiger partial charge in [0.05, 0.1) is 0 Å². The van der Waals surface area contributed by atoms with Crippen LogP contribution in [0.25, 0.3) is 0 Å². The predicted molar refractivity (Wildman–Crippen MR) is 45.1 cm³/mol. The number of hydrogen-bond donors (Lipinski definition) is 0. The summed E-state index contributed by atoms with van der Waals surface area (Å²) < 4.78 is 59.6. The molecule has 0 aromatic rings. The Morgan fingerprint density at radius 3 is 0.250 bits per heavy atom. The average Bonchev–Trinajstić information content (AvgIpc) is 2.20. The monoisotopic (exact) mass is 993 g/mol. The van der Waals surface area contributed by atoms with Crippen molar-refractivity contribution in [1.82, 2.24) is 0 Å². The van der Waals surface area contributed by atoms with Crippen LogP contribution in [-0.4, -0.2) is 64.2 Å². The van der Waals surface area contributed by atoms with Crippen molar-refractivity contribution in [1.29, 1.82) is 0 Å². The quantitative estimate of drug-likeness (QED) is 0.203. The van der Waals surface area contributed by atoms with Crippen molar-refractivity contribution < 1.29 is 233 Å². The van der Waals surface area contributed by atoms with Gasteiger partial charge in [-0.15, -0.1) is 0 Å². The van der Waals surface area contributed by atoms with Gasteiger partial charge in [-0.2, -0.15) is 0 Å². The third kappa shape index (κ3) is 9200. The molecule has 0 atom stereocenters. The van der Waals surface area contributed by atoms with Gasteiger partial charge < -0.3 is 98.4 Å². The molecule has 0 saturated heterocycles. The van der Waals surface area contributed by atoms with E-state index in [4.69, 9.17) is 98.4 Å². The van der Waals surface area contributed by atoms with Gasteiger partial charge in [-0.25, -0.2) is 0 Å². The van der Waals surface area contributed by atoms with Crippen LogP contribution in [0.3, 0.4) is 0 Å². The molecule has 0 aliphatic carbocycles. The summed E-state index contributed by atoms with van der Waals surface area (Å²) >= 11 is 0. The zero-order valence-electron chi connectivity index (χ0n) is 14.2. The minimum absolute atomic E-state index is 0. The van der Waals surface area contributed by atoms with Crippen LogP contribution in [0.5, 0.6) is 0 Å². The zero-order chi connectivity index (χ0) is 25.0. The van der Waals surface area contributed by atoms with E-state index in [0.717, 1.165) is 0 Å². The van der Waals surface area contributed by atoms with Gasteiger partial charge in [0.15, 0.2) is 0 Å². The Balaban J connectivity index is -0.0000000175. The minimum atomic E-state index is -3.63. The molecule has 32 heavy (non-hydrogen) atoms. The van der Waals surface area contributed by atoms with Crippen LogP contribution >= 0.6 is 0 Å². The third-order valence-corrected chi connectivity index (χ3v) is 0. The van der Waals surface area contributed by atoms with Crippen molar-refractivity contribution in [3.8, 4) is 0 Å². The molecule has 0 aromatic carbocycles. The third-order valence-electron chi connectivity index (χ3n) is 0. The standard InChI is InChI=1S/7O3Si.2Pr.2Zr/c7*1-4(2)3;;;;/q7*-2;2*+3;2*+4. The second-order valence-corrected chi connectivity index (χ2v) is 5.25. The van der Waals surface area contributed by atoms with E-state index in [2.05, 4.69) is 0 Å². The Hall–Kier alpha value is 1.81. The van der Waals surface area contributed by atoms with Crippen molar-refractivity contribution in [2.24, 2.45) is 0 Å². The molecule has 0 radical (unpaired) electrons. The van der Waals surface area contributed by atoms with Crippen LogP contribution in [0.2, 0.25) is 0 Å². The summed E-state index contributed by atoms with van der Waals surface area (Å²) in [4.78, 5) is 119. The van der Waals surface area contributed by atoms with Crippen molar-refractivity contribution in [2.45, 2.75) is 0 Å². The van der Waals surface area contributed by atoms with E-state index < -0.39 is 64.2 Å². The molecule has 0 aliphatic heterocycles. The van der Waals surface area contributed by atoms with Gasteiger partial charge in [-0.1, -0.05) is 0 Å². The van der Waals surface area contributed by atoms with Crippen LogP contribution in [0.4, 0.5) is 0 Å². The topological polar surface area (TPSA) is 442 Å². The summed E-state index contributed by atoms with van der Waals surface area (Å²) in [6, 6.07) is 0. The zero-order valence-corrected chi connectivity index (χ0v) is 33.6. The summed E-state index contributed by atoms with van der Waals surface area (Å²) in [5.41, 5.74) is 0. The van der Waals surface area contributed by atoms with Gasteiger partial charge in [0, 0.05) is 64.2 Å². The van der Waals surface area contributed by atoms with E-state index in [1.165, 1.54) is 0 Å². The summed E-state index contributed by atoms with van der Waals surface area (Å²) in [6.45, 7) is 0. The van der Waals surface area contributed by atoms with Crippen molar-refractivity contribution in [2.75, 3.05) is 0 Å². The van der Waals surface area contributed by atoms with E-state index in [1.807, 2.05) is 0 Å². The molecule has 0 unspecified atom stereocenters. The smallest absolute Gasteiger partial charge is 0.672 e. The minimum Gasteiger partial charge on any atom is -0.672 e. The van der Waals surface area contributed by atoms with E-state index in [-0.39, 0.29) is 135 Å². The Morgan fingerprint density at radius 1 is 0.250 bits per heavy atom. The van der Waals surface area contributed by atoms with Crippen LogP contribution in [0.1, 0.15) is 0 Å². The van der Waals surface area contributed by atoms with Gasteiger partial charge in [-0.05, 0) is 0 Å². The first-order valence-electron chi connectivity index (χ1n) is 4.29. The molecule has 0 amide bonds. The maximum Gasteiger partial charge on any atom is 4.00 e. The normalized spacial score (nSPS) is 5.25. The molecule has 0 saturated carbocycles. The summed E-state index contributed by atoms with van der Waals surface area (Å²) in [5, 5.41) is 0. The largest absolute Gasteiger partial charge is 4.00 e. The van der Waals surface area contributed by atoms with Gasteiger partial charge >= 0.3 is 135 Å². The fraction of sp³-hybridized carbons (Fsp3) is 0. The summed E-state index contributed by atoms with van der Waals surface area (Å²) in [7, 11) is -25.4. The molecule has 21 nitrogen and oxygen atoms in total. The molecule has 0 rings (SSSR count). The van der Waals surface area contributed by atoms with Crippen LogP contribution in [0.15, 0.2) is 0 Å². The summed E-state index contributed by atoms with van der Waals surface area (Å²) in [6.07, 6.45) is 0. The second-order valence-electron chi connectivity index (χ2n) is 1.75. The molecule has 0 bridgehead atoms. The first-order valence-corrected chi connectivity index (χ1v) is 12.9. The van der Waals surface area contributed by atoms with Crippen molar-refractivity contribution in [3.63, 3.8) is 0 Å². The Morgan fingerprint density at radius 2 is 0.250 bits per heavy atom. The van der Waals surface area contributed by atoms with Crippen LogP contribution in [-0.2, 0) is 83.6 Å². The number of rotatable bonds is 0. The fourth-order valence-corrected chi connectivity index (χ4v) is 0. The summed E-state index contributed by atoms with van der Waals surface area (Å²) in [5.74, 6) is 0. The molecule has 0 aliphatic rings. The van der Waals surface area contributed by atoms with Gasteiger partial charge in [0.2, 0.25) is 0 Å². The molecule has 0 heterocycles. The van der Waals surface area contributed by atoms with Gasteiger partial charge in [0.1, 0.15) is 0 Å². The van der Waals surface area contributed by atoms with Crippen LogP contribution in [0, 0.1) is 82.6 Å². The van der Waals surface area contributed by atoms with Crippen LogP contribution < -0.4 is 67.1 Å². The Labute approximate surface area is 292 Å². The molecule has 0 spiro atoms. The van der Waals surface area contributed by atoms with Gasteiger partial charge in [0.25, 0.3) is 0 Å². The number of hydrogen-bond acceptors (Lipinski definition) is 21. The average molecular weight is 997 g/mol. The molecule has 0 aromatic heterocycles. The van der Waals surface area contributed by atoms with E-state index >= 15 is 0 Å².